The molecule has 2 N–H and O–H groups in total. The van der Waals surface area contributed by atoms with E-state index in [0.717, 1.165) is 28.2 Å². The van der Waals surface area contributed by atoms with E-state index in [4.69, 9.17) is 9.47 Å². The minimum atomic E-state index is -0.318. The zero-order valence-corrected chi connectivity index (χ0v) is 19.8. The van der Waals surface area contributed by atoms with Crippen LogP contribution in [0.4, 0.5) is 11.4 Å². The molecule has 2 unspecified atom stereocenters. The summed E-state index contributed by atoms with van der Waals surface area (Å²) < 4.78 is 11.8. The molecule has 5 rings (SSSR count). The molecule has 1 aliphatic heterocycles. The maximum absolute atomic E-state index is 13.4. The highest BCUT2D eigenvalue weighted by atomic mass is 16.5. The fourth-order valence-corrected chi connectivity index (χ4v) is 4.91. The third kappa shape index (κ3) is 4.38. The van der Waals surface area contributed by atoms with Crippen LogP contribution in [-0.4, -0.2) is 12.9 Å². The molecule has 0 spiro atoms. The van der Waals surface area contributed by atoms with Gasteiger partial charge in [-0.1, -0.05) is 68.5 Å². The molecule has 5 heteroatoms. The van der Waals surface area contributed by atoms with Crippen LogP contribution in [0.15, 0.2) is 84.6 Å². The van der Waals surface area contributed by atoms with Gasteiger partial charge in [-0.3, -0.25) is 4.79 Å². The van der Waals surface area contributed by atoms with Gasteiger partial charge >= 0.3 is 0 Å². The topological polar surface area (TPSA) is 59.6 Å². The number of hydrogen-bond donors (Lipinski definition) is 2. The molecule has 3 aromatic carbocycles. The summed E-state index contributed by atoms with van der Waals surface area (Å²) in [5.74, 6) is 1.23. The van der Waals surface area contributed by atoms with Crippen LogP contribution in [0.1, 0.15) is 37.4 Å². The summed E-state index contributed by atoms with van der Waals surface area (Å²) in [5.41, 5.74) is 4.77. The summed E-state index contributed by atoms with van der Waals surface area (Å²) in [5, 5.41) is 7.19. The number of benzene rings is 3. The number of carbonyl (C=O) groups excluding carboxylic acids is 1. The number of Topliss-reactive ketones (excluding diaryl/α,β-unsaturated/α-hetero) is 1. The number of anilines is 2. The van der Waals surface area contributed by atoms with E-state index < -0.39 is 0 Å². The summed E-state index contributed by atoms with van der Waals surface area (Å²) in [6.07, 6.45) is 2.72. The number of rotatable bonds is 5. The first-order valence-corrected chi connectivity index (χ1v) is 11.7. The zero-order valence-electron chi connectivity index (χ0n) is 19.8. The maximum atomic E-state index is 13.4. The minimum Gasteiger partial charge on any atom is -0.493 e. The summed E-state index contributed by atoms with van der Waals surface area (Å²) in [4.78, 5) is 13.4. The van der Waals surface area contributed by atoms with E-state index in [9.17, 15) is 4.79 Å². The number of fused-ring (bicyclic) bond motifs is 2. The molecule has 0 radical (unpaired) electrons. The van der Waals surface area contributed by atoms with Crippen molar-refractivity contribution < 1.29 is 14.3 Å². The number of nitrogens with one attached hydrogen (secondary N) is 2. The third-order valence-corrected chi connectivity index (χ3v) is 6.49. The van der Waals surface area contributed by atoms with Gasteiger partial charge in [-0.25, -0.2) is 0 Å². The van der Waals surface area contributed by atoms with Gasteiger partial charge in [0.25, 0.3) is 0 Å². The van der Waals surface area contributed by atoms with Crippen LogP contribution in [0.2, 0.25) is 0 Å². The molecule has 0 amide bonds. The molecule has 0 fully saturated rings. The summed E-state index contributed by atoms with van der Waals surface area (Å²) in [7, 11) is 1.64. The second kappa shape index (κ2) is 8.90. The Labute approximate surface area is 200 Å². The fourth-order valence-electron chi connectivity index (χ4n) is 4.91. The largest absolute Gasteiger partial charge is 0.493 e. The van der Waals surface area contributed by atoms with E-state index in [1.807, 2.05) is 72.8 Å². The van der Waals surface area contributed by atoms with Crippen molar-refractivity contribution in [2.45, 2.75) is 32.9 Å². The molecule has 0 saturated carbocycles. The second-order valence-corrected chi connectivity index (χ2v) is 9.69. The van der Waals surface area contributed by atoms with Crippen molar-refractivity contribution in [3.8, 4) is 11.5 Å². The number of allylic oxidation sites excluding steroid dienone is 1. The Bertz CT molecular complexity index is 1230. The van der Waals surface area contributed by atoms with Crippen molar-refractivity contribution >= 4 is 17.2 Å². The summed E-state index contributed by atoms with van der Waals surface area (Å²) >= 11 is 0. The predicted octanol–water partition coefficient (Wildman–Crippen LogP) is 6.35. The Morgan fingerprint density at radius 2 is 1.68 bits per heavy atom. The lowest BCUT2D eigenvalue weighted by Gasteiger charge is -2.35. The molecule has 0 bridgehead atoms. The highest BCUT2D eigenvalue weighted by Gasteiger charge is 2.41. The molecular formula is C29H30N2O3. The van der Waals surface area contributed by atoms with E-state index in [1.165, 1.54) is 0 Å². The molecule has 1 heterocycles. The lowest BCUT2D eigenvalue weighted by Crippen LogP contribution is -2.36. The van der Waals surface area contributed by atoms with Gasteiger partial charge < -0.3 is 20.1 Å². The van der Waals surface area contributed by atoms with E-state index in [2.05, 4.69) is 30.6 Å². The molecule has 0 aromatic heterocycles. The number of ketones is 1. The van der Waals surface area contributed by atoms with Crippen LogP contribution < -0.4 is 20.1 Å². The highest BCUT2D eigenvalue weighted by molar-refractivity contribution is 5.90. The van der Waals surface area contributed by atoms with Crippen molar-refractivity contribution in [2.24, 2.45) is 11.3 Å². The average molecular weight is 455 g/mol. The summed E-state index contributed by atoms with van der Waals surface area (Å²) in [6, 6.07) is 23.8. The first-order chi connectivity index (χ1) is 16.4. The molecule has 3 aromatic rings. The van der Waals surface area contributed by atoms with Gasteiger partial charge in [0.1, 0.15) is 12.4 Å². The van der Waals surface area contributed by atoms with Crippen molar-refractivity contribution in [2.75, 3.05) is 17.7 Å². The highest BCUT2D eigenvalue weighted by Crippen LogP contribution is 2.46. The van der Waals surface area contributed by atoms with Gasteiger partial charge in [-0.2, -0.15) is 0 Å². The fraction of sp³-hybridized carbons (Fsp3) is 0.276. The van der Waals surface area contributed by atoms with Crippen LogP contribution in [0.5, 0.6) is 11.5 Å². The van der Waals surface area contributed by atoms with E-state index >= 15 is 0 Å². The van der Waals surface area contributed by atoms with Gasteiger partial charge in [-0.15, -0.1) is 0 Å². The lowest BCUT2D eigenvalue weighted by molar-refractivity contribution is -0.124. The van der Waals surface area contributed by atoms with Crippen LogP contribution >= 0.6 is 0 Å². The number of hydrogen-bond acceptors (Lipinski definition) is 5. The third-order valence-electron chi connectivity index (χ3n) is 6.49. The zero-order chi connectivity index (χ0) is 23.7. The molecule has 5 nitrogen and oxygen atoms in total. The van der Waals surface area contributed by atoms with Gasteiger partial charge in [0.15, 0.2) is 11.5 Å². The number of para-hydroxylation sites is 2. The van der Waals surface area contributed by atoms with E-state index in [1.54, 1.807) is 7.11 Å². The van der Waals surface area contributed by atoms with Crippen LogP contribution in [-0.2, 0) is 11.4 Å². The molecule has 1 aliphatic carbocycles. The van der Waals surface area contributed by atoms with Crippen molar-refractivity contribution in [3.63, 3.8) is 0 Å². The Morgan fingerprint density at radius 1 is 0.941 bits per heavy atom. The van der Waals surface area contributed by atoms with Gasteiger partial charge in [0, 0.05) is 12.1 Å². The summed E-state index contributed by atoms with van der Waals surface area (Å²) in [6.45, 7) is 4.67. The molecule has 0 saturated heterocycles. The predicted molar refractivity (Wildman–Crippen MR) is 135 cm³/mol. The van der Waals surface area contributed by atoms with E-state index in [0.29, 0.717) is 24.5 Å². The van der Waals surface area contributed by atoms with Gasteiger partial charge in [0.05, 0.1) is 30.4 Å². The second-order valence-electron chi connectivity index (χ2n) is 9.69. The smallest absolute Gasteiger partial charge is 0.161 e. The standard InChI is InChI=1S/C29H30N2O3/c1-29(2)16-23-27(24(32)17-29)28(31-22-12-8-7-11-21(22)30-23)20-13-14-25(26(15-20)33-3)34-18-19-9-5-4-6-10-19/h4-16,27-28,30-31H,17-18H2,1-3H3. The SMILES string of the molecule is COc1cc(C2Nc3ccccc3NC3=CC(C)(C)CC(=O)C32)ccc1OCc1ccccc1. The number of ether oxygens (including phenoxy) is 2. The minimum absolute atomic E-state index is 0.188. The monoisotopic (exact) mass is 454 g/mol. The molecule has 174 valence electrons. The van der Waals surface area contributed by atoms with Crippen molar-refractivity contribution in [3.05, 3.63) is 95.7 Å². The Hall–Kier alpha value is -3.73. The first kappa shape index (κ1) is 22.1. The Kier molecular flexibility index (Phi) is 5.78. The lowest BCUT2D eigenvalue weighted by atomic mass is 9.72. The average Bonchev–Trinajstić information content (AvgIpc) is 2.99. The van der Waals surface area contributed by atoms with Crippen LogP contribution in [0, 0.1) is 11.3 Å². The van der Waals surface area contributed by atoms with Gasteiger partial charge in [0.2, 0.25) is 0 Å². The Morgan fingerprint density at radius 3 is 2.44 bits per heavy atom. The first-order valence-electron chi connectivity index (χ1n) is 11.7. The molecule has 34 heavy (non-hydrogen) atoms. The molecular weight excluding hydrogens is 424 g/mol. The van der Waals surface area contributed by atoms with E-state index in [-0.39, 0.29) is 23.2 Å². The van der Waals surface area contributed by atoms with Crippen LogP contribution in [0.3, 0.4) is 0 Å². The normalized spacial score (nSPS) is 20.6. The number of methoxy groups -OCH3 is 1. The maximum Gasteiger partial charge on any atom is 0.161 e. The quantitative estimate of drug-likeness (QED) is 0.470. The van der Waals surface area contributed by atoms with Gasteiger partial charge in [-0.05, 0) is 40.8 Å². The van der Waals surface area contributed by atoms with Crippen molar-refractivity contribution in [1.82, 2.24) is 0 Å². The van der Waals surface area contributed by atoms with Crippen molar-refractivity contribution in [1.29, 1.82) is 0 Å². The molecule has 2 atom stereocenters. The molecule has 2 aliphatic rings. The number of carbonyl (C=O) groups is 1. The van der Waals surface area contributed by atoms with Crippen LogP contribution in [0.25, 0.3) is 0 Å². The Balaban J connectivity index is 1.51.